The number of hydrogen-bond donors (Lipinski definition) is 1. The topological polar surface area (TPSA) is 29.5 Å². The van der Waals surface area contributed by atoms with Gasteiger partial charge in [0, 0.05) is 18.7 Å². The van der Waals surface area contributed by atoms with E-state index in [-0.39, 0.29) is 12.0 Å². The molecule has 1 aromatic rings. The van der Waals surface area contributed by atoms with Crippen LogP contribution in [-0.2, 0) is 11.2 Å². The molecule has 0 aliphatic carbocycles. The van der Waals surface area contributed by atoms with Crippen molar-refractivity contribution in [3.05, 3.63) is 34.9 Å². The fourth-order valence-electron chi connectivity index (χ4n) is 1.60. The third-order valence-corrected chi connectivity index (χ3v) is 3.00. The van der Waals surface area contributed by atoms with Gasteiger partial charge in [0.05, 0.1) is 6.10 Å². The van der Waals surface area contributed by atoms with Gasteiger partial charge in [-0.05, 0) is 36.5 Å². The lowest BCUT2D eigenvalue weighted by molar-refractivity contribution is 0.0887. The van der Waals surface area contributed by atoms with E-state index in [4.69, 9.17) is 16.3 Å². The highest BCUT2D eigenvalue weighted by atomic mass is 35.5. The first kappa shape index (κ1) is 13.5. The van der Waals surface area contributed by atoms with Gasteiger partial charge in [-0.2, -0.15) is 0 Å². The molecule has 1 rings (SSSR count). The first-order valence-electron chi connectivity index (χ1n) is 5.55. The zero-order valence-electron chi connectivity index (χ0n) is 9.82. The van der Waals surface area contributed by atoms with Crippen LogP contribution in [0.4, 0.5) is 0 Å². The molecule has 0 spiro atoms. The number of benzene rings is 1. The minimum atomic E-state index is -0.339. The molecule has 0 amide bonds. The summed E-state index contributed by atoms with van der Waals surface area (Å²) in [5.41, 5.74) is 1.07. The van der Waals surface area contributed by atoms with Crippen LogP contribution >= 0.6 is 11.6 Å². The summed E-state index contributed by atoms with van der Waals surface area (Å²) in [5, 5.41) is 10.7. The van der Waals surface area contributed by atoms with E-state index in [1.54, 1.807) is 7.11 Å². The highest BCUT2D eigenvalue weighted by Crippen LogP contribution is 2.16. The quantitative estimate of drug-likeness (QED) is 0.831. The van der Waals surface area contributed by atoms with Crippen LogP contribution in [0.5, 0.6) is 0 Å². The summed E-state index contributed by atoms with van der Waals surface area (Å²) in [7, 11) is 1.68. The van der Waals surface area contributed by atoms with Gasteiger partial charge in [-0.25, -0.2) is 0 Å². The molecule has 0 bridgehead atoms. The molecule has 0 aromatic heterocycles. The first-order chi connectivity index (χ1) is 7.63. The maximum atomic E-state index is 9.99. The molecule has 2 nitrogen and oxygen atoms in total. The second-order valence-electron chi connectivity index (χ2n) is 4.16. The Morgan fingerprint density at radius 2 is 2.19 bits per heavy atom. The third kappa shape index (κ3) is 4.52. The van der Waals surface area contributed by atoms with E-state index in [0.29, 0.717) is 18.1 Å². The van der Waals surface area contributed by atoms with E-state index in [1.807, 2.05) is 31.2 Å². The molecule has 3 heteroatoms. The SMILES string of the molecule is COCCC(C)C(O)Cc1cccc(Cl)c1. The number of hydrogen-bond acceptors (Lipinski definition) is 2. The fourth-order valence-corrected chi connectivity index (χ4v) is 1.82. The van der Waals surface area contributed by atoms with Crippen LogP contribution in [0.25, 0.3) is 0 Å². The Morgan fingerprint density at radius 1 is 1.44 bits per heavy atom. The second-order valence-corrected chi connectivity index (χ2v) is 4.60. The Kier molecular flexibility index (Phi) is 5.81. The zero-order valence-corrected chi connectivity index (χ0v) is 10.6. The Bertz CT molecular complexity index is 315. The van der Waals surface area contributed by atoms with Crippen molar-refractivity contribution >= 4 is 11.6 Å². The lowest BCUT2D eigenvalue weighted by Gasteiger charge is -2.18. The normalized spacial score (nSPS) is 14.8. The summed E-state index contributed by atoms with van der Waals surface area (Å²) in [6.07, 6.45) is 1.18. The van der Waals surface area contributed by atoms with Crippen molar-refractivity contribution in [3.63, 3.8) is 0 Å². The number of rotatable bonds is 6. The van der Waals surface area contributed by atoms with Gasteiger partial charge in [-0.15, -0.1) is 0 Å². The monoisotopic (exact) mass is 242 g/mol. The van der Waals surface area contributed by atoms with Gasteiger partial charge in [0.1, 0.15) is 0 Å². The molecule has 0 saturated heterocycles. The smallest absolute Gasteiger partial charge is 0.0606 e. The van der Waals surface area contributed by atoms with Gasteiger partial charge >= 0.3 is 0 Å². The van der Waals surface area contributed by atoms with Crippen molar-refractivity contribution in [2.75, 3.05) is 13.7 Å². The number of ether oxygens (including phenoxy) is 1. The van der Waals surface area contributed by atoms with E-state index < -0.39 is 0 Å². The molecule has 0 fully saturated rings. The first-order valence-corrected chi connectivity index (χ1v) is 5.92. The van der Waals surface area contributed by atoms with E-state index in [2.05, 4.69) is 0 Å². The van der Waals surface area contributed by atoms with Gasteiger partial charge < -0.3 is 9.84 Å². The highest BCUT2D eigenvalue weighted by molar-refractivity contribution is 6.30. The van der Waals surface area contributed by atoms with Crippen molar-refractivity contribution < 1.29 is 9.84 Å². The minimum Gasteiger partial charge on any atom is -0.393 e. The van der Waals surface area contributed by atoms with Crippen LogP contribution in [0.15, 0.2) is 24.3 Å². The van der Waals surface area contributed by atoms with Crippen LogP contribution in [0.1, 0.15) is 18.9 Å². The summed E-state index contributed by atoms with van der Waals surface area (Å²) in [5.74, 6) is 0.235. The highest BCUT2D eigenvalue weighted by Gasteiger charge is 2.14. The molecule has 0 saturated carbocycles. The van der Waals surface area contributed by atoms with Crippen molar-refractivity contribution in [2.45, 2.75) is 25.9 Å². The lowest BCUT2D eigenvalue weighted by Crippen LogP contribution is -2.21. The van der Waals surface area contributed by atoms with Crippen molar-refractivity contribution in [1.82, 2.24) is 0 Å². The minimum absolute atomic E-state index is 0.235. The standard InChI is InChI=1S/C13H19ClO2/c1-10(6-7-16-2)13(15)9-11-4-3-5-12(14)8-11/h3-5,8,10,13,15H,6-7,9H2,1-2H3. The summed E-state index contributed by atoms with van der Waals surface area (Å²) >= 11 is 5.89. The lowest BCUT2D eigenvalue weighted by atomic mass is 9.95. The molecule has 1 aromatic carbocycles. The number of methoxy groups -OCH3 is 1. The maximum absolute atomic E-state index is 9.99. The van der Waals surface area contributed by atoms with Gasteiger partial charge in [0.2, 0.25) is 0 Å². The second kappa shape index (κ2) is 6.89. The third-order valence-electron chi connectivity index (χ3n) is 2.77. The zero-order chi connectivity index (χ0) is 12.0. The fraction of sp³-hybridized carbons (Fsp3) is 0.538. The molecule has 2 atom stereocenters. The summed E-state index contributed by atoms with van der Waals surface area (Å²) in [6, 6.07) is 7.63. The predicted molar refractivity (Wildman–Crippen MR) is 66.8 cm³/mol. The van der Waals surface area contributed by atoms with E-state index in [9.17, 15) is 5.11 Å². The summed E-state index contributed by atoms with van der Waals surface area (Å²) in [4.78, 5) is 0. The van der Waals surface area contributed by atoms with Crippen molar-refractivity contribution in [1.29, 1.82) is 0 Å². The van der Waals surface area contributed by atoms with E-state index in [0.717, 1.165) is 12.0 Å². The molecule has 16 heavy (non-hydrogen) atoms. The molecule has 0 aliphatic rings. The van der Waals surface area contributed by atoms with Gasteiger partial charge in [0.25, 0.3) is 0 Å². The average molecular weight is 243 g/mol. The Morgan fingerprint density at radius 3 is 2.81 bits per heavy atom. The molecule has 1 N–H and O–H groups in total. The van der Waals surface area contributed by atoms with Crippen LogP contribution in [0.2, 0.25) is 5.02 Å². The largest absolute Gasteiger partial charge is 0.393 e. The Hall–Kier alpha value is -0.570. The van der Waals surface area contributed by atoms with Crippen LogP contribution < -0.4 is 0 Å². The Balaban J connectivity index is 2.47. The van der Waals surface area contributed by atoms with Crippen LogP contribution in [-0.4, -0.2) is 24.9 Å². The maximum Gasteiger partial charge on any atom is 0.0606 e. The molecule has 90 valence electrons. The average Bonchev–Trinajstić information content (AvgIpc) is 2.25. The number of aliphatic hydroxyl groups is 1. The number of halogens is 1. The Labute approximate surface area is 102 Å². The molecule has 0 aliphatic heterocycles. The molecular weight excluding hydrogens is 224 g/mol. The van der Waals surface area contributed by atoms with Gasteiger partial charge in [0.15, 0.2) is 0 Å². The van der Waals surface area contributed by atoms with E-state index in [1.165, 1.54) is 0 Å². The predicted octanol–water partition coefficient (Wildman–Crippen LogP) is 2.92. The molecular formula is C13H19ClO2. The van der Waals surface area contributed by atoms with Crippen molar-refractivity contribution in [2.24, 2.45) is 5.92 Å². The van der Waals surface area contributed by atoms with Crippen LogP contribution in [0, 0.1) is 5.92 Å². The summed E-state index contributed by atoms with van der Waals surface area (Å²) in [6.45, 7) is 2.72. The van der Waals surface area contributed by atoms with E-state index >= 15 is 0 Å². The van der Waals surface area contributed by atoms with Gasteiger partial charge in [-0.3, -0.25) is 0 Å². The summed E-state index contributed by atoms with van der Waals surface area (Å²) < 4.78 is 5.00. The number of aliphatic hydroxyl groups excluding tert-OH is 1. The molecule has 2 unspecified atom stereocenters. The van der Waals surface area contributed by atoms with Gasteiger partial charge in [-0.1, -0.05) is 30.7 Å². The molecule has 0 heterocycles. The van der Waals surface area contributed by atoms with Crippen molar-refractivity contribution in [3.8, 4) is 0 Å². The van der Waals surface area contributed by atoms with Crippen LogP contribution in [0.3, 0.4) is 0 Å². The molecule has 0 radical (unpaired) electrons.